The summed E-state index contributed by atoms with van der Waals surface area (Å²) in [4.78, 5) is 4.62. The molecular weight excluding hydrogens is 294 g/mol. The minimum Gasteiger partial charge on any atom is -0.462 e. The lowest BCUT2D eigenvalue weighted by atomic mass is 10.4. The molecule has 3 rings (SSSR count). The third-order valence-corrected chi connectivity index (χ3v) is 5.30. The first-order valence-electron chi connectivity index (χ1n) is 5.91. The Morgan fingerprint density at radius 1 is 1.10 bits per heavy atom. The van der Waals surface area contributed by atoms with Crippen LogP contribution in [0, 0.1) is 0 Å². The molecule has 4 nitrogen and oxygen atoms in total. The van der Waals surface area contributed by atoms with Gasteiger partial charge >= 0.3 is 0 Å². The molecule has 0 N–H and O–H groups in total. The molecule has 20 heavy (non-hydrogen) atoms. The average Bonchev–Trinajstić information content (AvgIpc) is 3.10. The summed E-state index contributed by atoms with van der Waals surface area (Å²) in [5, 5.41) is 2.44. The fourth-order valence-corrected chi connectivity index (χ4v) is 3.96. The minimum absolute atomic E-state index is 0.103. The summed E-state index contributed by atoms with van der Waals surface area (Å²) in [6, 6.07) is 12.0. The van der Waals surface area contributed by atoms with Crippen molar-refractivity contribution >= 4 is 21.2 Å². The van der Waals surface area contributed by atoms with Gasteiger partial charge in [0.05, 0.1) is 22.6 Å². The molecule has 0 fully saturated rings. The molecule has 1 aromatic carbocycles. The van der Waals surface area contributed by atoms with E-state index in [9.17, 15) is 8.42 Å². The van der Waals surface area contributed by atoms with Crippen LogP contribution in [-0.4, -0.2) is 13.4 Å². The molecule has 0 bridgehead atoms. The molecule has 0 atom stereocenters. The third kappa shape index (κ3) is 2.66. The number of rotatable bonds is 4. The largest absolute Gasteiger partial charge is 0.462 e. The highest BCUT2D eigenvalue weighted by molar-refractivity contribution is 7.90. The monoisotopic (exact) mass is 305 g/mol. The molecule has 0 saturated heterocycles. The standard InChI is InChI=1S/C14H11NO3S2/c16-20(17,12-5-2-1-3-6-12)10-11-9-19-14(15-11)13-7-4-8-18-13/h1-9H,10H2. The van der Waals surface area contributed by atoms with E-state index in [0.29, 0.717) is 21.4 Å². The van der Waals surface area contributed by atoms with Gasteiger partial charge in [-0.25, -0.2) is 13.4 Å². The molecule has 102 valence electrons. The number of aromatic nitrogens is 1. The average molecular weight is 305 g/mol. The van der Waals surface area contributed by atoms with Crippen molar-refractivity contribution in [3.8, 4) is 10.8 Å². The van der Waals surface area contributed by atoms with E-state index in [2.05, 4.69) is 4.98 Å². The Bertz CT molecular complexity index is 790. The summed E-state index contributed by atoms with van der Waals surface area (Å²) in [6.45, 7) is 0. The summed E-state index contributed by atoms with van der Waals surface area (Å²) < 4.78 is 29.7. The maximum Gasteiger partial charge on any atom is 0.184 e. The first-order valence-corrected chi connectivity index (χ1v) is 8.44. The number of thiazole rings is 1. The van der Waals surface area contributed by atoms with Crippen molar-refractivity contribution in [1.82, 2.24) is 4.98 Å². The second-order valence-electron chi connectivity index (χ2n) is 4.19. The number of benzene rings is 1. The van der Waals surface area contributed by atoms with Gasteiger partial charge in [0, 0.05) is 5.38 Å². The number of sulfone groups is 1. The molecule has 0 radical (unpaired) electrons. The minimum atomic E-state index is -3.36. The Morgan fingerprint density at radius 3 is 2.60 bits per heavy atom. The van der Waals surface area contributed by atoms with Crippen molar-refractivity contribution in [1.29, 1.82) is 0 Å². The number of nitrogens with zero attached hydrogens (tertiary/aromatic N) is 1. The van der Waals surface area contributed by atoms with Crippen LogP contribution in [0.1, 0.15) is 5.69 Å². The third-order valence-electron chi connectivity index (χ3n) is 2.72. The molecule has 2 aromatic heterocycles. The van der Waals surface area contributed by atoms with Crippen molar-refractivity contribution in [3.05, 3.63) is 59.8 Å². The van der Waals surface area contributed by atoms with Crippen LogP contribution in [0.5, 0.6) is 0 Å². The second kappa shape index (κ2) is 5.22. The van der Waals surface area contributed by atoms with Crippen molar-refractivity contribution < 1.29 is 12.8 Å². The summed E-state index contributed by atoms with van der Waals surface area (Å²) in [6.07, 6.45) is 1.57. The fourth-order valence-electron chi connectivity index (χ4n) is 1.79. The molecule has 0 spiro atoms. The van der Waals surface area contributed by atoms with Crippen LogP contribution in [0.15, 0.2) is 63.4 Å². The molecular formula is C14H11NO3S2. The van der Waals surface area contributed by atoms with E-state index in [1.54, 1.807) is 54.1 Å². The highest BCUT2D eigenvalue weighted by Gasteiger charge is 2.17. The lowest BCUT2D eigenvalue weighted by molar-refractivity contribution is 0.581. The number of furan rings is 1. The summed E-state index contributed by atoms with van der Waals surface area (Å²) in [5.74, 6) is 0.548. The van der Waals surface area contributed by atoms with Crippen LogP contribution in [0.2, 0.25) is 0 Å². The fraction of sp³-hybridized carbons (Fsp3) is 0.0714. The molecule has 6 heteroatoms. The van der Waals surface area contributed by atoms with Crippen LogP contribution >= 0.6 is 11.3 Å². The zero-order chi connectivity index (χ0) is 14.0. The predicted molar refractivity (Wildman–Crippen MR) is 77.1 cm³/mol. The quantitative estimate of drug-likeness (QED) is 0.741. The van der Waals surface area contributed by atoms with E-state index in [4.69, 9.17) is 4.42 Å². The van der Waals surface area contributed by atoms with Gasteiger partial charge in [0.25, 0.3) is 0 Å². The van der Waals surface area contributed by atoms with Gasteiger partial charge in [0.2, 0.25) is 0 Å². The van der Waals surface area contributed by atoms with Gasteiger partial charge in [-0.2, -0.15) is 0 Å². The van der Waals surface area contributed by atoms with Crippen LogP contribution in [0.4, 0.5) is 0 Å². The molecule has 0 unspecified atom stereocenters. The predicted octanol–water partition coefficient (Wildman–Crippen LogP) is 3.38. The van der Waals surface area contributed by atoms with Crippen LogP contribution < -0.4 is 0 Å². The molecule has 0 aliphatic rings. The number of hydrogen-bond donors (Lipinski definition) is 0. The molecule has 0 amide bonds. The van der Waals surface area contributed by atoms with Gasteiger partial charge in [0.1, 0.15) is 0 Å². The van der Waals surface area contributed by atoms with Crippen molar-refractivity contribution in [2.24, 2.45) is 0 Å². The van der Waals surface area contributed by atoms with Crippen molar-refractivity contribution in [2.75, 3.05) is 0 Å². The Morgan fingerprint density at radius 2 is 1.90 bits per heavy atom. The number of hydrogen-bond acceptors (Lipinski definition) is 5. The van der Waals surface area contributed by atoms with Gasteiger partial charge < -0.3 is 4.42 Å². The first kappa shape index (κ1) is 13.1. The van der Waals surface area contributed by atoms with Gasteiger partial charge in [-0.3, -0.25) is 0 Å². The SMILES string of the molecule is O=S(=O)(Cc1csc(-c2ccco2)n1)c1ccccc1. The van der Waals surface area contributed by atoms with E-state index in [1.807, 2.05) is 0 Å². The second-order valence-corrected chi connectivity index (χ2v) is 7.04. The first-order chi connectivity index (χ1) is 9.65. The van der Waals surface area contributed by atoms with E-state index < -0.39 is 9.84 Å². The topological polar surface area (TPSA) is 60.2 Å². The summed E-state index contributed by atoms with van der Waals surface area (Å²) >= 11 is 1.37. The van der Waals surface area contributed by atoms with Gasteiger partial charge in [-0.15, -0.1) is 11.3 Å². The van der Waals surface area contributed by atoms with Crippen LogP contribution in [0.25, 0.3) is 10.8 Å². The van der Waals surface area contributed by atoms with E-state index in [-0.39, 0.29) is 5.75 Å². The highest BCUT2D eigenvalue weighted by atomic mass is 32.2. The van der Waals surface area contributed by atoms with Crippen LogP contribution in [-0.2, 0) is 15.6 Å². The normalized spacial score (nSPS) is 11.6. The zero-order valence-electron chi connectivity index (χ0n) is 10.4. The highest BCUT2D eigenvalue weighted by Crippen LogP contribution is 2.25. The van der Waals surface area contributed by atoms with Crippen molar-refractivity contribution in [3.63, 3.8) is 0 Å². The maximum absolute atomic E-state index is 12.2. The lowest BCUT2D eigenvalue weighted by Gasteiger charge is -2.01. The smallest absolute Gasteiger partial charge is 0.184 e. The molecule has 2 heterocycles. The molecule has 0 aliphatic carbocycles. The van der Waals surface area contributed by atoms with Gasteiger partial charge in [-0.05, 0) is 24.3 Å². The van der Waals surface area contributed by atoms with Gasteiger partial charge in [-0.1, -0.05) is 18.2 Å². The molecule has 0 saturated carbocycles. The van der Waals surface area contributed by atoms with Crippen molar-refractivity contribution in [2.45, 2.75) is 10.6 Å². The van der Waals surface area contributed by atoms with Gasteiger partial charge in [0.15, 0.2) is 20.6 Å². The zero-order valence-corrected chi connectivity index (χ0v) is 12.0. The Hall–Kier alpha value is -1.92. The maximum atomic E-state index is 12.2. The summed E-state index contributed by atoms with van der Waals surface area (Å²) in [7, 11) is -3.36. The Balaban J connectivity index is 1.85. The Kier molecular flexibility index (Phi) is 3.42. The van der Waals surface area contributed by atoms with E-state index in [0.717, 1.165) is 0 Å². The molecule has 3 aromatic rings. The van der Waals surface area contributed by atoms with E-state index >= 15 is 0 Å². The Labute approximate surface area is 120 Å². The lowest BCUT2D eigenvalue weighted by Crippen LogP contribution is -2.04. The van der Waals surface area contributed by atoms with Crippen LogP contribution in [0.3, 0.4) is 0 Å². The summed E-state index contributed by atoms with van der Waals surface area (Å²) in [5.41, 5.74) is 0.533. The molecule has 0 aliphatic heterocycles. The van der Waals surface area contributed by atoms with E-state index in [1.165, 1.54) is 11.3 Å².